The molecule has 0 saturated carbocycles. The van der Waals surface area contributed by atoms with E-state index in [0.29, 0.717) is 0 Å². The summed E-state index contributed by atoms with van der Waals surface area (Å²) >= 11 is 0. The van der Waals surface area contributed by atoms with Gasteiger partial charge in [-0.1, -0.05) is 0 Å². The number of nitro benzene ring substituents is 2. The van der Waals surface area contributed by atoms with Gasteiger partial charge in [0.1, 0.15) is 0 Å². The van der Waals surface area contributed by atoms with Crippen LogP contribution in [0.2, 0.25) is 0 Å². The summed E-state index contributed by atoms with van der Waals surface area (Å²) in [5.41, 5.74) is 0.0566. The van der Waals surface area contributed by atoms with Gasteiger partial charge in [0.25, 0.3) is 23.2 Å². The molecule has 2 N–H and O–H groups in total. The standard InChI is InChI=1S/C23H16N4O8/c28-22(20-3-1-9-34-20)24-16-7-5-14(18(12-16)26(30)31)11-15-6-8-17(13-19(15)27(32)33)25-23(29)21-4-2-10-35-21/h1-10,12-13H,11H2,(H,24,28)(H,25,29). The molecule has 2 heterocycles. The van der Waals surface area contributed by atoms with Gasteiger partial charge < -0.3 is 19.5 Å². The Morgan fingerprint density at radius 3 is 1.49 bits per heavy atom. The Kier molecular flexibility index (Phi) is 6.35. The van der Waals surface area contributed by atoms with Crippen LogP contribution in [-0.2, 0) is 6.42 Å². The normalized spacial score (nSPS) is 10.5. The molecule has 2 aromatic heterocycles. The smallest absolute Gasteiger partial charge is 0.291 e. The van der Waals surface area contributed by atoms with Crippen LogP contribution in [0.15, 0.2) is 82.0 Å². The maximum atomic E-state index is 12.1. The number of amides is 2. The van der Waals surface area contributed by atoms with Crippen molar-refractivity contribution >= 4 is 34.6 Å². The van der Waals surface area contributed by atoms with Gasteiger partial charge >= 0.3 is 0 Å². The molecule has 4 rings (SSSR count). The highest BCUT2D eigenvalue weighted by atomic mass is 16.6. The molecule has 0 saturated heterocycles. The summed E-state index contributed by atoms with van der Waals surface area (Å²) in [4.78, 5) is 46.4. The number of hydrogen-bond acceptors (Lipinski definition) is 8. The van der Waals surface area contributed by atoms with Crippen molar-refractivity contribution in [1.82, 2.24) is 0 Å². The van der Waals surface area contributed by atoms with Crippen molar-refractivity contribution in [2.24, 2.45) is 0 Å². The Balaban J connectivity index is 1.58. The fourth-order valence-corrected chi connectivity index (χ4v) is 3.33. The van der Waals surface area contributed by atoms with Gasteiger partial charge in [-0.15, -0.1) is 0 Å². The molecular formula is C23H16N4O8. The van der Waals surface area contributed by atoms with Crippen molar-refractivity contribution in [3.05, 3.63) is 116 Å². The molecule has 12 heteroatoms. The first-order valence-electron chi connectivity index (χ1n) is 10.1. The zero-order valence-electron chi connectivity index (χ0n) is 17.8. The van der Waals surface area contributed by atoms with Crippen LogP contribution in [0.5, 0.6) is 0 Å². The van der Waals surface area contributed by atoms with Gasteiger partial charge in [0.2, 0.25) is 0 Å². The van der Waals surface area contributed by atoms with E-state index >= 15 is 0 Å². The molecule has 0 radical (unpaired) electrons. The number of carbonyl (C=O) groups excluding carboxylic acids is 2. The number of furan rings is 2. The van der Waals surface area contributed by atoms with Gasteiger partial charge in [0, 0.05) is 41.1 Å². The van der Waals surface area contributed by atoms with Crippen LogP contribution in [0, 0.1) is 20.2 Å². The highest BCUT2D eigenvalue weighted by Gasteiger charge is 2.22. The Morgan fingerprint density at radius 2 is 1.14 bits per heavy atom. The number of anilines is 2. The van der Waals surface area contributed by atoms with Crippen molar-refractivity contribution < 1.29 is 28.3 Å². The molecule has 2 amide bonds. The lowest BCUT2D eigenvalue weighted by molar-refractivity contribution is -0.386. The number of benzene rings is 2. The molecule has 12 nitrogen and oxygen atoms in total. The second-order valence-corrected chi connectivity index (χ2v) is 7.24. The molecule has 0 atom stereocenters. The largest absolute Gasteiger partial charge is 0.459 e. The number of hydrogen-bond donors (Lipinski definition) is 2. The summed E-state index contributed by atoms with van der Waals surface area (Å²) in [6.45, 7) is 0. The molecule has 0 aliphatic heterocycles. The topological polar surface area (TPSA) is 171 Å². The molecule has 4 aromatic rings. The molecule has 0 unspecified atom stereocenters. The summed E-state index contributed by atoms with van der Waals surface area (Å²) < 4.78 is 9.99. The number of nitro groups is 2. The summed E-state index contributed by atoms with van der Waals surface area (Å²) in [5, 5.41) is 28.3. The molecule has 0 fully saturated rings. The molecule has 176 valence electrons. The third-order valence-electron chi connectivity index (χ3n) is 4.95. The van der Waals surface area contributed by atoms with Gasteiger partial charge in [-0.3, -0.25) is 29.8 Å². The van der Waals surface area contributed by atoms with E-state index in [1.807, 2.05) is 0 Å². The predicted molar refractivity (Wildman–Crippen MR) is 122 cm³/mol. The third-order valence-corrected chi connectivity index (χ3v) is 4.95. The van der Waals surface area contributed by atoms with Crippen LogP contribution in [0.4, 0.5) is 22.7 Å². The van der Waals surface area contributed by atoms with Gasteiger partial charge in [-0.25, -0.2) is 0 Å². The monoisotopic (exact) mass is 476 g/mol. The number of nitrogens with one attached hydrogen (secondary N) is 2. The van der Waals surface area contributed by atoms with Crippen molar-refractivity contribution in [1.29, 1.82) is 0 Å². The summed E-state index contributed by atoms with van der Waals surface area (Å²) in [6, 6.07) is 14.0. The second kappa shape index (κ2) is 9.70. The van der Waals surface area contributed by atoms with Crippen LogP contribution in [-0.4, -0.2) is 21.7 Å². The van der Waals surface area contributed by atoms with Gasteiger partial charge in [-0.05, 0) is 48.5 Å². The Bertz CT molecular complexity index is 1300. The summed E-state index contributed by atoms with van der Waals surface area (Å²) in [6.07, 6.45) is 2.51. The van der Waals surface area contributed by atoms with Crippen molar-refractivity contribution in [3.8, 4) is 0 Å². The van der Waals surface area contributed by atoms with Crippen molar-refractivity contribution in [2.75, 3.05) is 10.6 Å². The quantitative estimate of drug-likeness (QED) is 0.270. The minimum absolute atomic E-state index is 0.0339. The van der Waals surface area contributed by atoms with Crippen LogP contribution in [0.1, 0.15) is 32.2 Å². The lowest BCUT2D eigenvalue weighted by Gasteiger charge is -2.09. The fraction of sp³-hybridized carbons (Fsp3) is 0.0435. The second-order valence-electron chi connectivity index (χ2n) is 7.24. The van der Waals surface area contributed by atoms with E-state index < -0.39 is 21.7 Å². The minimum atomic E-state index is -0.637. The van der Waals surface area contributed by atoms with E-state index in [4.69, 9.17) is 8.83 Å². The van der Waals surface area contributed by atoms with E-state index in [1.54, 1.807) is 0 Å². The zero-order chi connectivity index (χ0) is 24.9. The lowest BCUT2D eigenvalue weighted by Crippen LogP contribution is -2.12. The first-order chi connectivity index (χ1) is 16.8. The number of carbonyl (C=O) groups is 2. The average molecular weight is 476 g/mol. The summed E-state index contributed by atoms with van der Waals surface area (Å²) in [7, 11) is 0. The van der Waals surface area contributed by atoms with Crippen LogP contribution >= 0.6 is 0 Å². The maximum absolute atomic E-state index is 12.1. The zero-order valence-corrected chi connectivity index (χ0v) is 17.8. The van der Waals surface area contributed by atoms with Crippen LogP contribution in [0.25, 0.3) is 0 Å². The van der Waals surface area contributed by atoms with E-state index in [2.05, 4.69) is 10.6 Å². The summed E-state index contributed by atoms with van der Waals surface area (Å²) in [5.74, 6) is -1.10. The van der Waals surface area contributed by atoms with E-state index in [9.17, 15) is 29.8 Å². The van der Waals surface area contributed by atoms with Crippen LogP contribution < -0.4 is 10.6 Å². The Labute approximate surface area is 196 Å². The Morgan fingerprint density at radius 1 is 0.714 bits per heavy atom. The molecule has 2 aromatic carbocycles. The average Bonchev–Trinajstić information content (AvgIpc) is 3.55. The first kappa shape index (κ1) is 22.9. The van der Waals surface area contributed by atoms with Gasteiger partial charge in [0.15, 0.2) is 11.5 Å². The molecule has 35 heavy (non-hydrogen) atoms. The third kappa shape index (κ3) is 5.22. The molecule has 0 spiro atoms. The molecule has 0 aliphatic carbocycles. The van der Waals surface area contributed by atoms with E-state index in [1.165, 1.54) is 73.2 Å². The van der Waals surface area contributed by atoms with Crippen molar-refractivity contribution in [2.45, 2.75) is 6.42 Å². The van der Waals surface area contributed by atoms with Gasteiger partial charge in [0.05, 0.1) is 22.4 Å². The molecular weight excluding hydrogens is 460 g/mol. The SMILES string of the molecule is O=C(Nc1ccc(Cc2ccc(NC(=O)c3ccco3)cc2[N+](=O)[O-])c([N+](=O)[O-])c1)c1ccco1. The van der Waals surface area contributed by atoms with E-state index in [0.717, 1.165) is 0 Å². The fourth-order valence-electron chi connectivity index (χ4n) is 3.33. The van der Waals surface area contributed by atoms with Crippen LogP contribution in [0.3, 0.4) is 0 Å². The molecule has 0 bridgehead atoms. The highest BCUT2D eigenvalue weighted by molar-refractivity contribution is 6.03. The van der Waals surface area contributed by atoms with E-state index in [-0.39, 0.29) is 51.8 Å². The minimum Gasteiger partial charge on any atom is -0.459 e. The molecule has 0 aliphatic rings. The highest BCUT2D eigenvalue weighted by Crippen LogP contribution is 2.31. The maximum Gasteiger partial charge on any atom is 0.291 e. The first-order valence-corrected chi connectivity index (χ1v) is 10.1. The number of rotatable bonds is 8. The number of nitrogens with zero attached hydrogens (tertiary/aromatic N) is 2. The lowest BCUT2D eigenvalue weighted by atomic mass is 10.0. The van der Waals surface area contributed by atoms with Gasteiger partial charge in [-0.2, -0.15) is 0 Å². The van der Waals surface area contributed by atoms with Crippen molar-refractivity contribution in [3.63, 3.8) is 0 Å². The Hall–Kier alpha value is -5.26. The predicted octanol–water partition coefficient (Wildman–Crippen LogP) is 4.78.